The summed E-state index contributed by atoms with van der Waals surface area (Å²) in [5.74, 6) is 0.759. The van der Waals surface area contributed by atoms with Crippen molar-refractivity contribution in [3.8, 4) is 0 Å². The molecule has 1 amide bonds. The third-order valence-electron chi connectivity index (χ3n) is 7.42. The van der Waals surface area contributed by atoms with Crippen LogP contribution in [-0.4, -0.2) is 23.4 Å². The molecule has 2 aliphatic rings. The van der Waals surface area contributed by atoms with E-state index in [0.717, 1.165) is 24.9 Å². The van der Waals surface area contributed by atoms with Crippen molar-refractivity contribution in [2.24, 2.45) is 22.7 Å². The van der Waals surface area contributed by atoms with E-state index in [2.05, 4.69) is 26.1 Å². The van der Waals surface area contributed by atoms with Gasteiger partial charge in [-0.3, -0.25) is 5.32 Å². The Morgan fingerprint density at radius 2 is 1.85 bits per heavy atom. The highest BCUT2D eigenvalue weighted by Crippen LogP contribution is 2.62. The van der Waals surface area contributed by atoms with E-state index in [4.69, 9.17) is 4.74 Å². The zero-order valence-corrected chi connectivity index (χ0v) is 17.3. The highest BCUT2D eigenvalue weighted by Gasteiger charge is 2.57. The van der Waals surface area contributed by atoms with Crippen molar-refractivity contribution in [1.82, 2.24) is 0 Å². The number of para-hydroxylation sites is 1. The topological polar surface area (TPSA) is 58.6 Å². The molecule has 0 aliphatic heterocycles. The fraction of sp³-hybridized carbons (Fsp3) is 0.696. The summed E-state index contributed by atoms with van der Waals surface area (Å²) >= 11 is 0. The average Bonchev–Trinajstić information content (AvgIpc) is 2.57. The van der Waals surface area contributed by atoms with Crippen LogP contribution in [0.3, 0.4) is 0 Å². The van der Waals surface area contributed by atoms with Crippen LogP contribution >= 0.6 is 0 Å². The van der Waals surface area contributed by atoms with Crippen molar-refractivity contribution in [2.45, 2.75) is 71.8 Å². The molecule has 0 spiro atoms. The number of ether oxygens (including phenoxy) is 1. The molecule has 0 heterocycles. The Balaban J connectivity index is 1.64. The first-order chi connectivity index (χ1) is 12.7. The summed E-state index contributed by atoms with van der Waals surface area (Å²) in [6.07, 6.45) is 5.82. The maximum Gasteiger partial charge on any atom is 0.411 e. The van der Waals surface area contributed by atoms with Crippen LogP contribution in [0.15, 0.2) is 30.3 Å². The lowest BCUT2D eigenvalue weighted by Gasteiger charge is -2.61. The first-order valence-corrected chi connectivity index (χ1v) is 10.4. The van der Waals surface area contributed by atoms with Gasteiger partial charge in [0.15, 0.2) is 0 Å². The first kappa shape index (κ1) is 20.2. The standard InChI is InChI=1S/C23H35NO3/c1-21(2)13-8-14-22(3)18(21)11-15-23(4,26)19(22)12-16-27-20(25)24-17-9-6-5-7-10-17/h5-7,9-10,18-19,26H,8,11-16H2,1-4H3,(H,24,25)/t18-,19+,22+,23-/m0/s1. The minimum Gasteiger partial charge on any atom is -0.449 e. The zero-order valence-electron chi connectivity index (χ0n) is 17.3. The molecule has 0 saturated heterocycles. The summed E-state index contributed by atoms with van der Waals surface area (Å²) in [5, 5.41) is 13.9. The molecular formula is C23H35NO3. The number of hydrogen-bond acceptors (Lipinski definition) is 3. The smallest absolute Gasteiger partial charge is 0.411 e. The fourth-order valence-corrected chi connectivity index (χ4v) is 6.21. The van der Waals surface area contributed by atoms with Gasteiger partial charge >= 0.3 is 6.09 Å². The molecule has 0 unspecified atom stereocenters. The molecule has 0 bridgehead atoms. The van der Waals surface area contributed by atoms with Crippen molar-refractivity contribution in [3.05, 3.63) is 30.3 Å². The number of benzene rings is 1. The van der Waals surface area contributed by atoms with E-state index in [-0.39, 0.29) is 11.3 Å². The molecule has 2 N–H and O–H groups in total. The van der Waals surface area contributed by atoms with E-state index >= 15 is 0 Å². The quantitative estimate of drug-likeness (QED) is 0.720. The maximum atomic E-state index is 12.1. The Hall–Kier alpha value is -1.55. The second-order valence-electron chi connectivity index (χ2n) is 9.76. The molecule has 4 atom stereocenters. The number of hydrogen-bond donors (Lipinski definition) is 2. The Kier molecular flexibility index (Phi) is 5.58. The molecular weight excluding hydrogens is 338 g/mol. The molecule has 1 aromatic carbocycles. The number of anilines is 1. The van der Waals surface area contributed by atoms with Crippen LogP contribution in [0, 0.1) is 22.7 Å². The van der Waals surface area contributed by atoms with Crippen molar-refractivity contribution in [2.75, 3.05) is 11.9 Å². The minimum atomic E-state index is -0.696. The molecule has 0 radical (unpaired) electrons. The Morgan fingerprint density at radius 3 is 2.56 bits per heavy atom. The minimum absolute atomic E-state index is 0.1000. The number of aliphatic hydroxyl groups is 1. The lowest BCUT2D eigenvalue weighted by molar-refractivity contribution is -0.171. The van der Waals surface area contributed by atoms with E-state index in [1.54, 1.807) is 0 Å². The van der Waals surface area contributed by atoms with Gasteiger partial charge in [-0.25, -0.2) is 4.79 Å². The van der Waals surface area contributed by atoms with Crippen molar-refractivity contribution in [1.29, 1.82) is 0 Å². The van der Waals surface area contributed by atoms with E-state index in [9.17, 15) is 9.90 Å². The molecule has 4 heteroatoms. The molecule has 27 heavy (non-hydrogen) atoms. The first-order valence-electron chi connectivity index (χ1n) is 10.4. The number of amides is 1. The van der Waals surface area contributed by atoms with Gasteiger partial charge in [0.25, 0.3) is 0 Å². The molecule has 0 aromatic heterocycles. The third kappa shape index (κ3) is 4.16. The second-order valence-corrected chi connectivity index (χ2v) is 9.76. The van der Waals surface area contributed by atoms with Gasteiger partial charge in [0.2, 0.25) is 0 Å². The molecule has 4 nitrogen and oxygen atoms in total. The highest BCUT2D eigenvalue weighted by molar-refractivity contribution is 5.84. The van der Waals surface area contributed by atoms with E-state index in [1.807, 2.05) is 37.3 Å². The number of carbonyl (C=O) groups excluding carboxylic acids is 1. The van der Waals surface area contributed by atoms with E-state index in [1.165, 1.54) is 12.8 Å². The van der Waals surface area contributed by atoms with Crippen LogP contribution < -0.4 is 5.32 Å². The summed E-state index contributed by atoms with van der Waals surface area (Å²) < 4.78 is 5.46. The predicted octanol–water partition coefficient (Wildman–Crippen LogP) is 5.62. The number of fused-ring (bicyclic) bond motifs is 1. The fourth-order valence-electron chi connectivity index (χ4n) is 6.21. The number of nitrogens with one attached hydrogen (secondary N) is 1. The Bertz CT molecular complexity index is 655. The number of carbonyl (C=O) groups is 1. The Labute approximate surface area is 163 Å². The lowest BCUT2D eigenvalue weighted by atomic mass is 9.45. The number of rotatable bonds is 4. The van der Waals surface area contributed by atoms with Gasteiger partial charge in [-0.15, -0.1) is 0 Å². The van der Waals surface area contributed by atoms with Crippen LogP contribution in [-0.2, 0) is 4.74 Å². The molecule has 2 aliphatic carbocycles. The largest absolute Gasteiger partial charge is 0.449 e. The molecule has 150 valence electrons. The lowest BCUT2D eigenvalue weighted by Crippen LogP contribution is -2.57. The highest BCUT2D eigenvalue weighted by atomic mass is 16.5. The molecule has 2 fully saturated rings. The monoisotopic (exact) mass is 373 g/mol. The summed E-state index contributed by atoms with van der Waals surface area (Å²) in [4.78, 5) is 12.1. The van der Waals surface area contributed by atoms with Gasteiger partial charge in [-0.2, -0.15) is 0 Å². The van der Waals surface area contributed by atoms with E-state index in [0.29, 0.717) is 24.4 Å². The SMILES string of the molecule is CC1(C)CCC[C@@]2(C)[C@@H](CCOC(=O)Nc3ccccc3)[C@@](C)(O)CC[C@@H]12. The van der Waals surface area contributed by atoms with Crippen LogP contribution in [0.5, 0.6) is 0 Å². The summed E-state index contributed by atoms with van der Waals surface area (Å²) in [5.41, 5.74) is 0.446. The average molecular weight is 374 g/mol. The van der Waals surface area contributed by atoms with Gasteiger partial charge in [-0.1, -0.05) is 45.4 Å². The van der Waals surface area contributed by atoms with Crippen LogP contribution in [0.1, 0.15) is 66.2 Å². The molecule has 2 saturated carbocycles. The van der Waals surface area contributed by atoms with Gasteiger partial charge in [0, 0.05) is 5.69 Å². The van der Waals surface area contributed by atoms with Gasteiger partial charge in [0.05, 0.1) is 12.2 Å². The summed E-state index contributed by atoms with van der Waals surface area (Å²) in [6, 6.07) is 9.33. The van der Waals surface area contributed by atoms with Crippen LogP contribution in [0.4, 0.5) is 10.5 Å². The van der Waals surface area contributed by atoms with Gasteiger partial charge < -0.3 is 9.84 Å². The van der Waals surface area contributed by atoms with Gasteiger partial charge in [-0.05, 0) is 73.8 Å². The van der Waals surface area contributed by atoms with Gasteiger partial charge in [0.1, 0.15) is 0 Å². The summed E-state index contributed by atoms with van der Waals surface area (Å²) in [7, 11) is 0. The predicted molar refractivity (Wildman–Crippen MR) is 109 cm³/mol. The zero-order chi connectivity index (χ0) is 19.7. The Morgan fingerprint density at radius 1 is 1.15 bits per heavy atom. The normalized spacial score (nSPS) is 35.1. The van der Waals surface area contributed by atoms with E-state index < -0.39 is 11.7 Å². The van der Waals surface area contributed by atoms with Crippen LogP contribution in [0.2, 0.25) is 0 Å². The van der Waals surface area contributed by atoms with Crippen molar-refractivity contribution in [3.63, 3.8) is 0 Å². The molecule has 1 aromatic rings. The van der Waals surface area contributed by atoms with Crippen LogP contribution in [0.25, 0.3) is 0 Å². The molecule has 3 rings (SSSR count). The second kappa shape index (κ2) is 7.46. The maximum absolute atomic E-state index is 12.1. The van der Waals surface area contributed by atoms with Crippen molar-refractivity contribution < 1.29 is 14.6 Å². The third-order valence-corrected chi connectivity index (χ3v) is 7.42. The van der Waals surface area contributed by atoms with Crippen molar-refractivity contribution >= 4 is 11.8 Å². The summed E-state index contributed by atoms with van der Waals surface area (Å²) in [6.45, 7) is 9.44.